The molecular weight excluding hydrogens is 294 g/mol. The van der Waals surface area contributed by atoms with Crippen LogP contribution in [0.1, 0.15) is 41.4 Å². The summed E-state index contributed by atoms with van der Waals surface area (Å²) < 4.78 is 0. The van der Waals surface area contributed by atoms with Crippen molar-refractivity contribution in [2.45, 2.75) is 38.3 Å². The Balaban J connectivity index is 1.57. The number of hydrogen-bond donors (Lipinski definition) is 3. The van der Waals surface area contributed by atoms with Gasteiger partial charge in [-0.15, -0.1) is 0 Å². The van der Waals surface area contributed by atoms with Gasteiger partial charge in [0, 0.05) is 37.2 Å². The summed E-state index contributed by atoms with van der Waals surface area (Å²) in [6, 6.07) is 4.62. The monoisotopic (exact) mass is 313 g/mol. The number of nitrogens with one attached hydrogen (secondary N) is 1. The maximum Gasteiger partial charge on any atom is 0.254 e. The number of rotatable bonds is 3. The minimum absolute atomic E-state index is 0.00606. The van der Waals surface area contributed by atoms with Gasteiger partial charge in [-0.05, 0) is 37.0 Å². The van der Waals surface area contributed by atoms with Crippen molar-refractivity contribution >= 4 is 0 Å². The van der Waals surface area contributed by atoms with Crippen LogP contribution in [0.2, 0.25) is 0 Å². The van der Waals surface area contributed by atoms with Crippen LogP contribution in [0.15, 0.2) is 23.0 Å². The fourth-order valence-electron chi connectivity index (χ4n) is 3.20. The molecule has 2 heterocycles. The minimum Gasteiger partial charge on any atom is -0.508 e. The van der Waals surface area contributed by atoms with Gasteiger partial charge in [0.2, 0.25) is 0 Å². The molecule has 0 atom stereocenters. The van der Waals surface area contributed by atoms with Gasteiger partial charge in [0.15, 0.2) is 0 Å². The minimum atomic E-state index is 0.00606. The third kappa shape index (κ3) is 2.94. The number of benzene rings is 1. The first-order chi connectivity index (χ1) is 11.1. The molecule has 6 nitrogen and oxygen atoms in total. The molecule has 1 aromatic heterocycles. The number of aromatic hydroxyl groups is 2. The average molecular weight is 313 g/mol. The molecule has 23 heavy (non-hydrogen) atoms. The Morgan fingerprint density at radius 3 is 2.65 bits per heavy atom. The Bertz CT molecular complexity index is 791. The number of fused-ring (bicyclic) bond motifs is 1. The van der Waals surface area contributed by atoms with Gasteiger partial charge < -0.3 is 15.2 Å². The lowest BCUT2D eigenvalue weighted by atomic mass is 10.1. The van der Waals surface area contributed by atoms with E-state index in [1.165, 1.54) is 6.07 Å². The summed E-state index contributed by atoms with van der Waals surface area (Å²) >= 11 is 0. The van der Waals surface area contributed by atoms with E-state index in [9.17, 15) is 15.0 Å². The second kappa shape index (κ2) is 5.38. The molecule has 2 aromatic rings. The summed E-state index contributed by atoms with van der Waals surface area (Å²) in [6.45, 7) is 1.99. The fourth-order valence-corrected chi connectivity index (χ4v) is 3.20. The van der Waals surface area contributed by atoms with Crippen LogP contribution in [-0.2, 0) is 19.5 Å². The summed E-state index contributed by atoms with van der Waals surface area (Å²) in [6.07, 6.45) is 2.88. The van der Waals surface area contributed by atoms with E-state index in [1.807, 2.05) is 0 Å². The second-order valence-corrected chi connectivity index (χ2v) is 6.47. The number of phenols is 2. The Hall–Kier alpha value is -2.34. The Morgan fingerprint density at radius 1 is 1.22 bits per heavy atom. The molecule has 120 valence electrons. The lowest BCUT2D eigenvalue weighted by molar-refractivity contribution is 0.239. The van der Waals surface area contributed by atoms with Crippen LogP contribution in [0, 0.1) is 0 Å². The highest BCUT2D eigenvalue weighted by molar-refractivity contribution is 5.36. The van der Waals surface area contributed by atoms with E-state index in [0.717, 1.165) is 42.0 Å². The summed E-state index contributed by atoms with van der Waals surface area (Å²) in [5.41, 5.74) is 2.51. The Kier molecular flexibility index (Phi) is 3.34. The van der Waals surface area contributed by atoms with Crippen molar-refractivity contribution in [3.05, 3.63) is 51.2 Å². The molecule has 1 aromatic carbocycles. The molecule has 0 unspecified atom stereocenters. The van der Waals surface area contributed by atoms with Crippen molar-refractivity contribution in [2.75, 3.05) is 6.54 Å². The maximum atomic E-state index is 12.2. The quantitative estimate of drug-likeness (QED) is 0.801. The third-order valence-corrected chi connectivity index (χ3v) is 4.50. The zero-order valence-electron chi connectivity index (χ0n) is 12.7. The van der Waals surface area contributed by atoms with Crippen molar-refractivity contribution in [1.29, 1.82) is 0 Å². The first-order valence-corrected chi connectivity index (χ1v) is 7.95. The predicted molar refractivity (Wildman–Crippen MR) is 84.4 cm³/mol. The van der Waals surface area contributed by atoms with Crippen LogP contribution in [0.3, 0.4) is 0 Å². The Labute approximate surface area is 133 Å². The molecule has 0 amide bonds. The van der Waals surface area contributed by atoms with E-state index in [2.05, 4.69) is 14.9 Å². The van der Waals surface area contributed by atoms with E-state index >= 15 is 0 Å². The normalized spacial score (nSPS) is 17.9. The van der Waals surface area contributed by atoms with Gasteiger partial charge in [-0.1, -0.05) is 0 Å². The van der Waals surface area contributed by atoms with Crippen LogP contribution < -0.4 is 5.56 Å². The molecule has 6 heteroatoms. The van der Waals surface area contributed by atoms with Gasteiger partial charge in [0.1, 0.15) is 17.3 Å². The lowest BCUT2D eigenvalue weighted by Crippen LogP contribution is -2.35. The molecule has 1 saturated carbocycles. The molecule has 1 fully saturated rings. The number of phenolic OH excluding ortho intramolecular Hbond substituents is 2. The summed E-state index contributed by atoms with van der Waals surface area (Å²) in [5.74, 6) is 1.36. The van der Waals surface area contributed by atoms with E-state index < -0.39 is 0 Å². The maximum absolute atomic E-state index is 12.2. The highest BCUT2D eigenvalue weighted by Gasteiger charge is 2.29. The standard InChI is InChI=1S/C17H19N3O3/c21-12-5-10(6-13(22)7-12)8-20-4-3-14-15(9-20)18-16(11-1-2-11)19-17(14)23/h5-7,11,21-22H,1-4,8-9H2,(H,18,19,23). The van der Waals surface area contributed by atoms with E-state index in [0.29, 0.717) is 25.4 Å². The largest absolute Gasteiger partial charge is 0.508 e. The molecule has 3 N–H and O–H groups in total. The van der Waals surface area contributed by atoms with Crippen LogP contribution in [0.5, 0.6) is 11.5 Å². The predicted octanol–water partition coefficient (Wildman–Crippen LogP) is 1.62. The molecule has 1 aliphatic carbocycles. The zero-order valence-corrected chi connectivity index (χ0v) is 12.7. The van der Waals surface area contributed by atoms with Gasteiger partial charge in [-0.2, -0.15) is 0 Å². The first kappa shape index (κ1) is 14.3. The van der Waals surface area contributed by atoms with Gasteiger partial charge in [-0.3, -0.25) is 9.69 Å². The van der Waals surface area contributed by atoms with Gasteiger partial charge in [-0.25, -0.2) is 4.98 Å². The van der Waals surface area contributed by atoms with Gasteiger partial charge in [0.25, 0.3) is 5.56 Å². The number of hydrogen-bond acceptors (Lipinski definition) is 5. The fraction of sp³-hybridized carbons (Fsp3) is 0.412. The van der Waals surface area contributed by atoms with Crippen LogP contribution in [0.4, 0.5) is 0 Å². The molecule has 0 bridgehead atoms. The molecule has 0 spiro atoms. The smallest absolute Gasteiger partial charge is 0.254 e. The van der Waals surface area contributed by atoms with Crippen molar-refractivity contribution in [1.82, 2.24) is 14.9 Å². The van der Waals surface area contributed by atoms with Crippen molar-refractivity contribution in [2.24, 2.45) is 0 Å². The van der Waals surface area contributed by atoms with Gasteiger partial charge >= 0.3 is 0 Å². The van der Waals surface area contributed by atoms with E-state index in [1.54, 1.807) is 12.1 Å². The van der Waals surface area contributed by atoms with Crippen molar-refractivity contribution < 1.29 is 10.2 Å². The summed E-state index contributed by atoms with van der Waals surface area (Å²) in [5, 5.41) is 19.2. The molecule has 0 radical (unpaired) electrons. The molecule has 4 rings (SSSR count). The first-order valence-electron chi connectivity index (χ1n) is 7.95. The van der Waals surface area contributed by atoms with Crippen molar-refractivity contribution in [3.8, 4) is 11.5 Å². The Morgan fingerprint density at radius 2 is 1.96 bits per heavy atom. The number of nitrogens with zero attached hydrogens (tertiary/aromatic N) is 2. The topological polar surface area (TPSA) is 89.5 Å². The zero-order chi connectivity index (χ0) is 16.0. The number of aromatic amines is 1. The number of H-pyrrole nitrogens is 1. The SMILES string of the molecule is O=c1[nH]c(C2CC2)nc2c1CCN(Cc1cc(O)cc(O)c1)C2. The molecule has 0 saturated heterocycles. The van der Waals surface area contributed by atoms with Crippen LogP contribution in [-0.4, -0.2) is 31.6 Å². The third-order valence-electron chi connectivity index (χ3n) is 4.50. The summed E-state index contributed by atoms with van der Waals surface area (Å²) in [4.78, 5) is 22.0. The molecule has 2 aliphatic rings. The summed E-state index contributed by atoms with van der Waals surface area (Å²) in [7, 11) is 0. The highest BCUT2D eigenvalue weighted by atomic mass is 16.3. The van der Waals surface area contributed by atoms with Gasteiger partial charge in [0.05, 0.1) is 5.69 Å². The molecular formula is C17H19N3O3. The lowest BCUT2D eigenvalue weighted by Gasteiger charge is -2.27. The number of aromatic nitrogens is 2. The van der Waals surface area contributed by atoms with E-state index in [4.69, 9.17) is 0 Å². The van der Waals surface area contributed by atoms with E-state index in [-0.39, 0.29) is 17.1 Å². The second-order valence-electron chi connectivity index (χ2n) is 6.47. The molecule has 1 aliphatic heterocycles. The van der Waals surface area contributed by atoms with Crippen LogP contribution in [0.25, 0.3) is 0 Å². The average Bonchev–Trinajstić information content (AvgIpc) is 3.30. The van der Waals surface area contributed by atoms with Crippen molar-refractivity contribution in [3.63, 3.8) is 0 Å². The van der Waals surface area contributed by atoms with Crippen LogP contribution >= 0.6 is 0 Å². The highest BCUT2D eigenvalue weighted by Crippen LogP contribution is 2.37.